The van der Waals surface area contributed by atoms with Gasteiger partial charge in [-0.3, -0.25) is 4.79 Å². The Kier molecular flexibility index (Phi) is 5.28. The van der Waals surface area contributed by atoms with E-state index in [1.165, 1.54) is 0 Å². The third-order valence-corrected chi connectivity index (χ3v) is 3.71. The van der Waals surface area contributed by atoms with Crippen molar-refractivity contribution >= 4 is 28.9 Å². The van der Waals surface area contributed by atoms with Crippen molar-refractivity contribution in [1.82, 2.24) is 0 Å². The van der Waals surface area contributed by atoms with Crippen LogP contribution < -0.4 is 15.4 Å². The number of amides is 1. The predicted octanol–water partition coefficient (Wildman–Crippen LogP) is 4.02. The van der Waals surface area contributed by atoms with Crippen molar-refractivity contribution in [3.8, 4) is 5.75 Å². The summed E-state index contributed by atoms with van der Waals surface area (Å²) in [6.45, 7) is 4.13. The number of anilines is 2. The van der Waals surface area contributed by atoms with Gasteiger partial charge in [-0.15, -0.1) is 0 Å². The van der Waals surface area contributed by atoms with Crippen LogP contribution in [0.15, 0.2) is 36.4 Å². The first-order chi connectivity index (χ1) is 10.5. The van der Waals surface area contributed by atoms with Gasteiger partial charge >= 0.3 is 0 Å². The van der Waals surface area contributed by atoms with Crippen LogP contribution in [0.5, 0.6) is 5.75 Å². The van der Waals surface area contributed by atoms with Gasteiger partial charge in [-0.2, -0.15) is 0 Å². The van der Waals surface area contributed by atoms with Crippen LogP contribution in [-0.4, -0.2) is 19.6 Å². The van der Waals surface area contributed by atoms with Gasteiger partial charge in [0.25, 0.3) is 0 Å². The standard InChI is InChI=1S/C17H19ClN2O2/c1-11-5-4-6-14(12(11)2)20-17(21)10-19-15-9-13(18)7-8-16(15)22-3/h4-9,19H,10H2,1-3H3,(H,20,21). The molecule has 4 nitrogen and oxygen atoms in total. The van der Waals surface area contributed by atoms with E-state index in [0.29, 0.717) is 16.5 Å². The molecule has 2 rings (SSSR count). The molecule has 0 fully saturated rings. The average molecular weight is 319 g/mol. The molecule has 0 radical (unpaired) electrons. The molecule has 0 aliphatic heterocycles. The minimum Gasteiger partial charge on any atom is -0.495 e. The number of halogens is 1. The summed E-state index contributed by atoms with van der Waals surface area (Å²) in [5.41, 5.74) is 3.72. The molecule has 0 saturated carbocycles. The van der Waals surface area contributed by atoms with E-state index in [2.05, 4.69) is 10.6 Å². The van der Waals surface area contributed by atoms with Gasteiger partial charge in [-0.1, -0.05) is 23.7 Å². The molecule has 0 unspecified atom stereocenters. The molecule has 0 heterocycles. The molecule has 0 aliphatic rings. The van der Waals surface area contributed by atoms with Gasteiger partial charge in [0, 0.05) is 10.7 Å². The average Bonchev–Trinajstić information content (AvgIpc) is 2.50. The molecule has 0 atom stereocenters. The number of hydrogen-bond acceptors (Lipinski definition) is 3. The zero-order valence-electron chi connectivity index (χ0n) is 12.9. The van der Waals surface area contributed by atoms with Crippen molar-refractivity contribution in [2.45, 2.75) is 13.8 Å². The Hall–Kier alpha value is -2.20. The first kappa shape index (κ1) is 16.2. The molecular weight excluding hydrogens is 300 g/mol. The molecular formula is C17H19ClN2O2. The SMILES string of the molecule is COc1ccc(Cl)cc1NCC(=O)Nc1cccc(C)c1C. The summed E-state index contributed by atoms with van der Waals surface area (Å²) in [5.74, 6) is 0.514. The first-order valence-electron chi connectivity index (χ1n) is 6.94. The summed E-state index contributed by atoms with van der Waals surface area (Å²) >= 11 is 5.96. The fourth-order valence-corrected chi connectivity index (χ4v) is 2.25. The van der Waals surface area contributed by atoms with Crippen LogP contribution in [0.1, 0.15) is 11.1 Å². The van der Waals surface area contributed by atoms with Crippen LogP contribution in [0.25, 0.3) is 0 Å². The molecule has 22 heavy (non-hydrogen) atoms. The lowest BCUT2D eigenvalue weighted by Gasteiger charge is -2.13. The highest BCUT2D eigenvalue weighted by Gasteiger charge is 2.08. The summed E-state index contributed by atoms with van der Waals surface area (Å²) in [4.78, 5) is 12.1. The van der Waals surface area contributed by atoms with Crippen molar-refractivity contribution in [2.75, 3.05) is 24.3 Å². The normalized spacial score (nSPS) is 10.2. The molecule has 0 saturated heterocycles. The van der Waals surface area contributed by atoms with Gasteiger partial charge in [-0.25, -0.2) is 0 Å². The molecule has 5 heteroatoms. The van der Waals surface area contributed by atoms with Gasteiger partial charge in [-0.05, 0) is 49.2 Å². The number of methoxy groups -OCH3 is 1. The number of ether oxygens (including phenoxy) is 1. The summed E-state index contributed by atoms with van der Waals surface area (Å²) in [6, 6.07) is 11.0. The van der Waals surface area contributed by atoms with E-state index in [9.17, 15) is 4.79 Å². The Morgan fingerprint density at radius 3 is 2.68 bits per heavy atom. The summed E-state index contributed by atoms with van der Waals surface area (Å²) in [7, 11) is 1.57. The maximum absolute atomic E-state index is 12.1. The third-order valence-electron chi connectivity index (χ3n) is 3.48. The van der Waals surface area contributed by atoms with Crippen molar-refractivity contribution in [1.29, 1.82) is 0 Å². The first-order valence-corrected chi connectivity index (χ1v) is 7.32. The van der Waals surface area contributed by atoms with Crippen LogP contribution in [0, 0.1) is 13.8 Å². The lowest BCUT2D eigenvalue weighted by molar-refractivity contribution is -0.114. The van der Waals surface area contributed by atoms with Crippen LogP contribution >= 0.6 is 11.6 Å². The largest absolute Gasteiger partial charge is 0.495 e. The van der Waals surface area contributed by atoms with Crippen molar-refractivity contribution in [3.05, 3.63) is 52.5 Å². The number of carbonyl (C=O) groups excluding carboxylic acids is 1. The Morgan fingerprint density at radius 1 is 1.18 bits per heavy atom. The number of hydrogen-bond donors (Lipinski definition) is 2. The highest BCUT2D eigenvalue weighted by Crippen LogP contribution is 2.27. The van der Waals surface area contributed by atoms with Gasteiger partial charge in [0.2, 0.25) is 5.91 Å². The van der Waals surface area contributed by atoms with Crippen LogP contribution in [0.4, 0.5) is 11.4 Å². The lowest BCUT2D eigenvalue weighted by Crippen LogP contribution is -2.22. The maximum Gasteiger partial charge on any atom is 0.243 e. The summed E-state index contributed by atoms with van der Waals surface area (Å²) < 4.78 is 5.23. The van der Waals surface area contributed by atoms with Crippen LogP contribution in [0.2, 0.25) is 5.02 Å². The molecule has 2 N–H and O–H groups in total. The smallest absolute Gasteiger partial charge is 0.243 e. The fourth-order valence-electron chi connectivity index (χ4n) is 2.07. The van der Waals surface area contributed by atoms with Crippen LogP contribution in [-0.2, 0) is 4.79 Å². The highest BCUT2D eigenvalue weighted by atomic mass is 35.5. The minimum absolute atomic E-state index is 0.129. The Morgan fingerprint density at radius 2 is 1.95 bits per heavy atom. The predicted molar refractivity (Wildman–Crippen MR) is 91.0 cm³/mol. The number of benzene rings is 2. The maximum atomic E-state index is 12.1. The van der Waals surface area contributed by atoms with Gasteiger partial charge < -0.3 is 15.4 Å². The molecule has 0 aliphatic carbocycles. The summed E-state index contributed by atoms with van der Waals surface area (Å²) in [6.07, 6.45) is 0. The van der Waals surface area contributed by atoms with Crippen LogP contribution in [0.3, 0.4) is 0 Å². The molecule has 1 amide bonds. The quantitative estimate of drug-likeness (QED) is 0.875. The van der Waals surface area contributed by atoms with E-state index in [1.54, 1.807) is 25.3 Å². The highest BCUT2D eigenvalue weighted by molar-refractivity contribution is 6.30. The van der Waals surface area contributed by atoms with E-state index in [4.69, 9.17) is 16.3 Å². The number of nitrogens with one attached hydrogen (secondary N) is 2. The molecule has 2 aromatic rings. The number of rotatable bonds is 5. The van der Waals surface area contributed by atoms with E-state index >= 15 is 0 Å². The molecule has 0 spiro atoms. The number of carbonyl (C=O) groups is 1. The second-order valence-electron chi connectivity index (χ2n) is 4.99. The number of aryl methyl sites for hydroxylation is 1. The molecule has 2 aromatic carbocycles. The van der Waals surface area contributed by atoms with Gasteiger partial charge in [0.1, 0.15) is 5.75 Å². The van der Waals surface area contributed by atoms with E-state index < -0.39 is 0 Å². The molecule has 116 valence electrons. The second kappa shape index (κ2) is 7.18. The van der Waals surface area contributed by atoms with E-state index in [0.717, 1.165) is 16.8 Å². The second-order valence-corrected chi connectivity index (χ2v) is 5.43. The molecule has 0 aromatic heterocycles. The Bertz CT molecular complexity index is 686. The lowest BCUT2D eigenvalue weighted by atomic mass is 10.1. The zero-order chi connectivity index (χ0) is 16.1. The van der Waals surface area contributed by atoms with Crippen molar-refractivity contribution in [3.63, 3.8) is 0 Å². The monoisotopic (exact) mass is 318 g/mol. The molecule has 0 bridgehead atoms. The Balaban J connectivity index is 2.01. The fraction of sp³-hybridized carbons (Fsp3) is 0.235. The van der Waals surface area contributed by atoms with Crippen molar-refractivity contribution < 1.29 is 9.53 Å². The third kappa shape index (κ3) is 3.92. The van der Waals surface area contributed by atoms with Crippen molar-refractivity contribution in [2.24, 2.45) is 0 Å². The van der Waals surface area contributed by atoms with Gasteiger partial charge in [0.15, 0.2) is 0 Å². The topological polar surface area (TPSA) is 50.4 Å². The van der Waals surface area contributed by atoms with Gasteiger partial charge in [0.05, 0.1) is 19.3 Å². The minimum atomic E-state index is -0.129. The zero-order valence-corrected chi connectivity index (χ0v) is 13.6. The van der Waals surface area contributed by atoms with E-state index in [1.807, 2.05) is 32.0 Å². The van der Waals surface area contributed by atoms with E-state index in [-0.39, 0.29) is 12.5 Å². The Labute approximate surface area is 135 Å². The summed E-state index contributed by atoms with van der Waals surface area (Å²) in [5, 5.41) is 6.52.